The van der Waals surface area contributed by atoms with Gasteiger partial charge in [0.25, 0.3) is 0 Å². The zero-order valence-corrected chi connectivity index (χ0v) is 15.6. The van der Waals surface area contributed by atoms with Gasteiger partial charge in [-0.05, 0) is 25.7 Å². The first kappa shape index (κ1) is 14.9. The maximum absolute atomic E-state index is 7.03. The summed E-state index contributed by atoms with van der Waals surface area (Å²) in [5, 5.41) is 6.21. The van der Waals surface area contributed by atoms with Crippen LogP contribution in [0.3, 0.4) is 0 Å². The summed E-state index contributed by atoms with van der Waals surface area (Å²) in [7, 11) is -2.97. The van der Waals surface area contributed by atoms with Crippen molar-refractivity contribution < 1.29 is 4.12 Å². The standard InChI is InChI=1S/C20H22OSi2/c1-2-10-17(9-1)22(18-11-3-4-12-18)21-23(19-13-5-6-14-19)20-15-7-8-16-20/h1-9,11,13,15,22-23H,10,12,14,16H2. The summed E-state index contributed by atoms with van der Waals surface area (Å²) >= 11 is 0. The highest BCUT2D eigenvalue weighted by Gasteiger charge is 2.31. The lowest BCUT2D eigenvalue weighted by atomic mass is 10.5. The monoisotopic (exact) mass is 334 g/mol. The number of hydrogen-bond acceptors (Lipinski definition) is 1. The molecule has 0 heterocycles. The maximum Gasteiger partial charge on any atom is 0.221 e. The molecule has 23 heavy (non-hydrogen) atoms. The molecule has 0 saturated carbocycles. The average molecular weight is 335 g/mol. The summed E-state index contributed by atoms with van der Waals surface area (Å²) in [5.74, 6) is 0. The van der Waals surface area contributed by atoms with Crippen molar-refractivity contribution in [3.63, 3.8) is 0 Å². The van der Waals surface area contributed by atoms with E-state index in [-0.39, 0.29) is 0 Å². The molecular formula is C20H22OSi2. The molecule has 3 heteroatoms. The molecule has 4 aliphatic carbocycles. The number of hydrogen-bond donors (Lipinski definition) is 0. The van der Waals surface area contributed by atoms with Gasteiger partial charge in [0.2, 0.25) is 18.1 Å². The molecule has 0 spiro atoms. The van der Waals surface area contributed by atoms with Gasteiger partial charge in [0.05, 0.1) is 0 Å². The lowest BCUT2D eigenvalue weighted by molar-refractivity contribution is 0.608. The second kappa shape index (κ2) is 6.83. The Morgan fingerprint density at radius 1 is 0.522 bits per heavy atom. The lowest BCUT2D eigenvalue weighted by Crippen LogP contribution is -2.35. The average Bonchev–Trinajstić information content (AvgIpc) is 3.35. The van der Waals surface area contributed by atoms with Crippen LogP contribution >= 0.6 is 0 Å². The van der Waals surface area contributed by atoms with Gasteiger partial charge in [0.1, 0.15) is 0 Å². The number of rotatable bonds is 6. The van der Waals surface area contributed by atoms with Crippen molar-refractivity contribution in [2.45, 2.75) is 25.7 Å². The van der Waals surface area contributed by atoms with Crippen LogP contribution in [0.15, 0.2) is 93.7 Å². The van der Waals surface area contributed by atoms with Crippen molar-refractivity contribution in [3.8, 4) is 0 Å². The second-order valence-corrected chi connectivity index (χ2v) is 12.0. The Morgan fingerprint density at radius 3 is 1.04 bits per heavy atom. The van der Waals surface area contributed by atoms with Gasteiger partial charge in [-0.2, -0.15) is 0 Å². The fourth-order valence-corrected chi connectivity index (χ4v) is 11.0. The van der Waals surface area contributed by atoms with Crippen molar-refractivity contribution in [2.75, 3.05) is 0 Å². The maximum atomic E-state index is 7.03. The Kier molecular flexibility index (Phi) is 4.42. The topological polar surface area (TPSA) is 9.23 Å². The SMILES string of the molecule is C1=CCC([SiH](O[SiH](C2=CC=CC2)C2=CC=CC2)C2=CC=CC2)=C1. The van der Waals surface area contributed by atoms with Crippen LogP contribution < -0.4 is 0 Å². The fourth-order valence-electron chi connectivity index (χ4n) is 3.59. The van der Waals surface area contributed by atoms with Gasteiger partial charge >= 0.3 is 0 Å². The largest absolute Gasteiger partial charge is 0.447 e. The van der Waals surface area contributed by atoms with Crippen LogP contribution in [0.1, 0.15) is 25.7 Å². The molecule has 0 saturated heterocycles. The Bertz CT molecular complexity index is 607. The molecule has 0 amide bonds. The molecule has 0 atom stereocenters. The van der Waals surface area contributed by atoms with E-state index in [0.29, 0.717) is 0 Å². The molecule has 0 unspecified atom stereocenters. The van der Waals surface area contributed by atoms with Crippen LogP contribution in [0, 0.1) is 0 Å². The van der Waals surface area contributed by atoms with Crippen molar-refractivity contribution in [1.29, 1.82) is 0 Å². The van der Waals surface area contributed by atoms with Crippen LogP contribution in [0.2, 0.25) is 0 Å². The van der Waals surface area contributed by atoms with E-state index in [1.807, 2.05) is 0 Å². The van der Waals surface area contributed by atoms with Crippen LogP contribution in [-0.2, 0) is 4.12 Å². The van der Waals surface area contributed by atoms with E-state index >= 15 is 0 Å². The predicted molar refractivity (Wildman–Crippen MR) is 103 cm³/mol. The summed E-state index contributed by atoms with van der Waals surface area (Å²) < 4.78 is 7.03. The van der Waals surface area contributed by atoms with Crippen molar-refractivity contribution in [1.82, 2.24) is 0 Å². The van der Waals surface area contributed by atoms with Gasteiger partial charge in [0, 0.05) is 0 Å². The first-order valence-corrected chi connectivity index (χ1v) is 11.7. The second-order valence-electron chi connectivity index (χ2n) is 6.39. The van der Waals surface area contributed by atoms with E-state index in [2.05, 4.69) is 72.9 Å². The number of allylic oxidation sites excluding steroid dienone is 16. The highest BCUT2D eigenvalue weighted by Crippen LogP contribution is 2.31. The van der Waals surface area contributed by atoms with E-state index in [4.69, 9.17) is 4.12 Å². The van der Waals surface area contributed by atoms with Gasteiger partial charge in [-0.1, -0.05) is 93.7 Å². The normalized spacial score (nSPS) is 21.7. The molecule has 0 radical (unpaired) electrons. The minimum Gasteiger partial charge on any atom is -0.447 e. The summed E-state index contributed by atoms with van der Waals surface area (Å²) in [6.07, 6.45) is 31.5. The smallest absolute Gasteiger partial charge is 0.221 e. The zero-order chi connectivity index (χ0) is 15.5. The molecule has 116 valence electrons. The van der Waals surface area contributed by atoms with E-state index < -0.39 is 18.1 Å². The third-order valence-electron chi connectivity index (χ3n) is 4.82. The molecule has 0 N–H and O–H groups in total. The lowest BCUT2D eigenvalue weighted by Gasteiger charge is -2.27. The molecule has 0 aromatic rings. The minimum absolute atomic E-state index is 1.09. The Hall–Kier alpha value is -1.69. The Labute approximate surface area is 141 Å². The van der Waals surface area contributed by atoms with Crippen LogP contribution in [-0.4, -0.2) is 18.1 Å². The molecule has 0 aliphatic heterocycles. The quantitative estimate of drug-likeness (QED) is 0.663. The molecule has 4 aliphatic rings. The molecule has 0 bridgehead atoms. The minimum atomic E-state index is -1.49. The van der Waals surface area contributed by atoms with Crippen LogP contribution in [0.5, 0.6) is 0 Å². The van der Waals surface area contributed by atoms with Crippen LogP contribution in [0.25, 0.3) is 0 Å². The summed E-state index contributed by atoms with van der Waals surface area (Å²) in [6, 6.07) is 0. The first-order valence-electron chi connectivity index (χ1n) is 8.49. The highest BCUT2D eigenvalue weighted by molar-refractivity contribution is 6.81. The van der Waals surface area contributed by atoms with Gasteiger partial charge in [0.15, 0.2) is 0 Å². The molecule has 0 aromatic carbocycles. The molecule has 0 fully saturated rings. The fraction of sp³-hybridized carbons (Fsp3) is 0.200. The first-order chi connectivity index (χ1) is 11.4. The van der Waals surface area contributed by atoms with Gasteiger partial charge < -0.3 is 4.12 Å². The van der Waals surface area contributed by atoms with E-state index in [0.717, 1.165) is 25.7 Å². The Balaban J connectivity index is 1.59. The molecular weight excluding hydrogens is 312 g/mol. The van der Waals surface area contributed by atoms with Gasteiger partial charge in [-0.3, -0.25) is 0 Å². The third-order valence-corrected chi connectivity index (χ3v) is 11.4. The van der Waals surface area contributed by atoms with E-state index in [1.54, 1.807) is 20.8 Å². The van der Waals surface area contributed by atoms with Crippen molar-refractivity contribution >= 4 is 18.1 Å². The molecule has 4 rings (SSSR count). The predicted octanol–water partition coefficient (Wildman–Crippen LogP) is 4.15. The van der Waals surface area contributed by atoms with Gasteiger partial charge in [-0.15, -0.1) is 0 Å². The Morgan fingerprint density at radius 2 is 0.826 bits per heavy atom. The van der Waals surface area contributed by atoms with Gasteiger partial charge in [-0.25, -0.2) is 0 Å². The summed E-state index contributed by atoms with van der Waals surface area (Å²) in [5.41, 5.74) is 0. The molecule has 1 nitrogen and oxygen atoms in total. The highest BCUT2D eigenvalue weighted by atomic mass is 28.4. The van der Waals surface area contributed by atoms with Crippen molar-refractivity contribution in [3.05, 3.63) is 93.7 Å². The third kappa shape index (κ3) is 3.18. The summed E-state index contributed by atoms with van der Waals surface area (Å²) in [6.45, 7) is 0. The van der Waals surface area contributed by atoms with E-state index in [9.17, 15) is 0 Å². The van der Waals surface area contributed by atoms with Crippen molar-refractivity contribution in [2.24, 2.45) is 0 Å². The summed E-state index contributed by atoms with van der Waals surface area (Å²) in [4.78, 5) is 0. The zero-order valence-electron chi connectivity index (χ0n) is 13.3. The van der Waals surface area contributed by atoms with E-state index in [1.165, 1.54) is 0 Å². The van der Waals surface area contributed by atoms with Crippen LogP contribution in [0.4, 0.5) is 0 Å². The molecule has 0 aromatic heterocycles.